The van der Waals surface area contributed by atoms with Crippen molar-refractivity contribution < 1.29 is 8.78 Å². The number of pyridine rings is 1. The number of nitrogens with zero attached hydrogens (tertiary/aromatic N) is 2. The Balaban J connectivity index is 2.41. The van der Waals surface area contributed by atoms with Crippen LogP contribution in [0.25, 0.3) is 32.8 Å². The molecule has 0 aliphatic carbocycles. The highest BCUT2D eigenvalue weighted by molar-refractivity contribution is 6.09. The maximum Gasteiger partial charge on any atom is 0.213 e. The summed E-state index contributed by atoms with van der Waals surface area (Å²) < 4.78 is 30.7. The van der Waals surface area contributed by atoms with Gasteiger partial charge >= 0.3 is 0 Å². The third kappa shape index (κ3) is 1.51. The van der Waals surface area contributed by atoms with Gasteiger partial charge in [-0.15, -0.1) is 0 Å². The van der Waals surface area contributed by atoms with Crippen molar-refractivity contribution in [3.8, 4) is 0 Å². The molecule has 0 aliphatic rings. The number of aromatic nitrogens is 2. The molecule has 4 aromatic rings. The molecule has 0 saturated heterocycles. The molecule has 0 saturated carbocycles. The molecule has 0 amide bonds. The molecule has 2 aromatic carbocycles. The van der Waals surface area contributed by atoms with Crippen LogP contribution in [0.15, 0.2) is 41.2 Å². The monoisotopic (exact) mass is 298 g/mol. The van der Waals surface area contributed by atoms with Crippen molar-refractivity contribution in [2.24, 2.45) is 14.1 Å². The summed E-state index contributed by atoms with van der Waals surface area (Å²) >= 11 is 0. The van der Waals surface area contributed by atoms with Gasteiger partial charge < -0.3 is 9.13 Å². The molecule has 0 N–H and O–H groups in total. The van der Waals surface area contributed by atoms with Crippen LogP contribution in [-0.2, 0) is 14.1 Å². The quantitative estimate of drug-likeness (QED) is 0.488. The van der Waals surface area contributed by atoms with E-state index in [1.54, 1.807) is 30.8 Å². The Bertz CT molecular complexity index is 1140. The first kappa shape index (κ1) is 13.0. The van der Waals surface area contributed by atoms with Crippen molar-refractivity contribution in [1.29, 1.82) is 0 Å². The zero-order valence-electron chi connectivity index (χ0n) is 12.0. The average Bonchev–Trinajstić information content (AvgIpc) is 2.77. The highest BCUT2D eigenvalue weighted by Crippen LogP contribution is 2.29. The molecule has 4 rings (SSSR count). The molecule has 0 spiro atoms. The highest BCUT2D eigenvalue weighted by Gasteiger charge is 2.17. The molecule has 0 atom stereocenters. The lowest BCUT2D eigenvalue weighted by Crippen LogP contribution is -2.11. The van der Waals surface area contributed by atoms with E-state index in [4.69, 9.17) is 0 Å². The van der Waals surface area contributed by atoms with Gasteiger partial charge in [-0.25, -0.2) is 8.78 Å². The van der Waals surface area contributed by atoms with Crippen molar-refractivity contribution in [2.45, 2.75) is 0 Å². The SMILES string of the molecule is Cn1c2ccc(F)cc2c2c1c(=O)c1cc(F)ccc1n2C. The van der Waals surface area contributed by atoms with Crippen molar-refractivity contribution in [2.75, 3.05) is 0 Å². The summed E-state index contributed by atoms with van der Waals surface area (Å²) in [5, 5.41) is 0.990. The standard InChI is InChI=1S/C17H12F2N2O/c1-20-14-6-4-10(19)8-12(14)17(22)16-15(20)11-7-9(18)3-5-13(11)21(16)2/h3-8H,1-2H3. The minimum atomic E-state index is -0.450. The second-order valence-electron chi connectivity index (χ2n) is 5.47. The van der Waals surface area contributed by atoms with Crippen molar-refractivity contribution in [3.63, 3.8) is 0 Å². The maximum atomic E-state index is 13.6. The molecule has 2 aromatic heterocycles. The van der Waals surface area contributed by atoms with Gasteiger partial charge in [0.2, 0.25) is 5.43 Å². The highest BCUT2D eigenvalue weighted by atomic mass is 19.1. The Kier molecular flexibility index (Phi) is 2.46. The minimum absolute atomic E-state index is 0.248. The van der Waals surface area contributed by atoms with Crippen LogP contribution in [0.1, 0.15) is 0 Å². The summed E-state index contributed by atoms with van der Waals surface area (Å²) in [5.41, 5.74) is 2.24. The fourth-order valence-corrected chi connectivity index (χ4v) is 3.23. The van der Waals surface area contributed by atoms with Gasteiger partial charge in [-0.1, -0.05) is 0 Å². The molecule has 0 aliphatic heterocycles. The number of hydrogen-bond acceptors (Lipinski definition) is 1. The minimum Gasteiger partial charge on any atom is -0.342 e. The normalized spacial score (nSPS) is 11.8. The van der Waals surface area contributed by atoms with Crippen LogP contribution in [0.4, 0.5) is 8.78 Å². The van der Waals surface area contributed by atoms with E-state index in [2.05, 4.69) is 0 Å². The van der Waals surface area contributed by atoms with E-state index in [0.29, 0.717) is 27.3 Å². The molecule has 5 heteroatoms. The number of hydrogen-bond donors (Lipinski definition) is 0. The van der Waals surface area contributed by atoms with Crippen LogP contribution in [0, 0.1) is 11.6 Å². The summed E-state index contributed by atoms with van der Waals surface area (Å²) in [6, 6.07) is 8.57. The van der Waals surface area contributed by atoms with Crippen molar-refractivity contribution in [3.05, 3.63) is 58.3 Å². The van der Waals surface area contributed by atoms with E-state index in [1.807, 2.05) is 4.57 Å². The Morgan fingerprint density at radius 2 is 1.27 bits per heavy atom. The molecule has 3 nitrogen and oxygen atoms in total. The lowest BCUT2D eigenvalue weighted by Gasteiger charge is -2.08. The molecular weight excluding hydrogens is 286 g/mol. The molecular formula is C17H12F2N2O. The van der Waals surface area contributed by atoms with Gasteiger partial charge in [-0.2, -0.15) is 0 Å². The largest absolute Gasteiger partial charge is 0.342 e. The number of halogens is 2. The van der Waals surface area contributed by atoms with Gasteiger partial charge in [0, 0.05) is 19.5 Å². The van der Waals surface area contributed by atoms with Crippen molar-refractivity contribution >= 4 is 32.8 Å². The fourth-order valence-electron chi connectivity index (χ4n) is 3.23. The first-order valence-electron chi connectivity index (χ1n) is 6.85. The van der Waals surface area contributed by atoms with E-state index in [0.717, 1.165) is 5.52 Å². The van der Waals surface area contributed by atoms with Crippen LogP contribution in [0.5, 0.6) is 0 Å². The van der Waals surface area contributed by atoms with Gasteiger partial charge in [0.15, 0.2) is 0 Å². The van der Waals surface area contributed by atoms with E-state index in [9.17, 15) is 13.6 Å². The summed E-state index contributed by atoms with van der Waals surface area (Å²) in [6.45, 7) is 0. The summed E-state index contributed by atoms with van der Waals surface area (Å²) in [5.74, 6) is -0.805. The second-order valence-corrected chi connectivity index (χ2v) is 5.47. The zero-order valence-corrected chi connectivity index (χ0v) is 12.0. The van der Waals surface area contributed by atoms with Crippen molar-refractivity contribution in [1.82, 2.24) is 9.13 Å². The lowest BCUT2D eigenvalue weighted by atomic mass is 10.1. The van der Waals surface area contributed by atoms with Gasteiger partial charge in [0.1, 0.15) is 17.2 Å². The number of aryl methyl sites for hydroxylation is 2. The van der Waals surface area contributed by atoms with Gasteiger partial charge in [0.05, 0.1) is 21.9 Å². The van der Waals surface area contributed by atoms with E-state index in [1.165, 1.54) is 24.3 Å². The Morgan fingerprint density at radius 1 is 0.773 bits per heavy atom. The first-order valence-corrected chi connectivity index (χ1v) is 6.85. The Hall–Kier alpha value is -2.69. The molecule has 110 valence electrons. The zero-order chi connectivity index (χ0) is 15.6. The maximum absolute atomic E-state index is 13.6. The fraction of sp³-hybridized carbons (Fsp3) is 0.118. The van der Waals surface area contributed by atoms with Gasteiger partial charge in [-0.05, 0) is 36.4 Å². The number of rotatable bonds is 0. The molecule has 2 heterocycles. The van der Waals surface area contributed by atoms with Crippen LogP contribution in [0.3, 0.4) is 0 Å². The first-order chi connectivity index (χ1) is 10.5. The molecule has 0 bridgehead atoms. The molecule has 0 radical (unpaired) electrons. The summed E-state index contributed by atoms with van der Waals surface area (Å²) in [4.78, 5) is 12.8. The van der Waals surface area contributed by atoms with E-state index in [-0.39, 0.29) is 11.2 Å². The predicted molar refractivity (Wildman–Crippen MR) is 83.1 cm³/mol. The Morgan fingerprint density at radius 3 is 1.91 bits per heavy atom. The topological polar surface area (TPSA) is 26.9 Å². The molecule has 0 fully saturated rings. The third-order valence-corrected chi connectivity index (χ3v) is 4.25. The van der Waals surface area contributed by atoms with Gasteiger partial charge in [0.25, 0.3) is 0 Å². The van der Waals surface area contributed by atoms with Crippen LogP contribution < -0.4 is 5.43 Å². The van der Waals surface area contributed by atoms with Gasteiger partial charge in [-0.3, -0.25) is 4.79 Å². The lowest BCUT2D eigenvalue weighted by molar-refractivity contribution is 0.629. The van der Waals surface area contributed by atoms with Crippen LogP contribution >= 0.6 is 0 Å². The number of fused-ring (bicyclic) bond motifs is 4. The smallest absolute Gasteiger partial charge is 0.213 e. The predicted octanol–water partition coefficient (Wildman–Crippen LogP) is 3.46. The van der Waals surface area contributed by atoms with E-state index < -0.39 is 5.82 Å². The molecule has 22 heavy (non-hydrogen) atoms. The van der Waals surface area contributed by atoms with Crippen LogP contribution in [-0.4, -0.2) is 9.13 Å². The number of benzene rings is 2. The summed E-state index contributed by atoms with van der Waals surface area (Å²) in [7, 11) is 3.56. The van der Waals surface area contributed by atoms with E-state index >= 15 is 0 Å². The molecule has 0 unspecified atom stereocenters. The second kappa shape index (κ2) is 4.16. The average molecular weight is 298 g/mol. The van der Waals surface area contributed by atoms with Crippen LogP contribution in [0.2, 0.25) is 0 Å². The summed E-state index contributed by atoms with van der Waals surface area (Å²) in [6.07, 6.45) is 0. The third-order valence-electron chi connectivity index (χ3n) is 4.25. The Labute approximate surface area is 124 Å².